The lowest BCUT2D eigenvalue weighted by molar-refractivity contribution is 0.0119. The van der Waals surface area contributed by atoms with Crippen LogP contribution in [0.4, 0.5) is 0 Å². The first-order chi connectivity index (χ1) is 7.42. The lowest BCUT2D eigenvalue weighted by Gasteiger charge is -2.52. The van der Waals surface area contributed by atoms with Crippen LogP contribution >= 0.6 is 0 Å². The second kappa shape index (κ2) is 4.03. The smallest absolute Gasteiger partial charge is 0.0750 e. The van der Waals surface area contributed by atoms with Crippen LogP contribution in [-0.2, 0) is 0 Å². The first-order valence-corrected chi connectivity index (χ1v) is 6.44. The summed E-state index contributed by atoms with van der Waals surface area (Å²) in [5.41, 5.74) is 2.97. The van der Waals surface area contributed by atoms with Gasteiger partial charge in [0.25, 0.3) is 0 Å². The van der Waals surface area contributed by atoms with Crippen LogP contribution in [-0.4, -0.2) is 11.2 Å². The number of hydrogen-bond donors (Lipinski definition) is 1. The minimum absolute atomic E-state index is 0.252. The largest absolute Gasteiger partial charge is 0.389 e. The molecule has 0 aliphatic heterocycles. The third-order valence-corrected chi connectivity index (χ3v) is 4.72. The van der Waals surface area contributed by atoms with Crippen molar-refractivity contribution in [1.82, 2.24) is 0 Å². The van der Waals surface area contributed by atoms with Crippen LogP contribution in [0.25, 0.3) is 0 Å². The lowest BCUT2D eigenvalue weighted by atomic mass is 9.52. The molecule has 0 radical (unpaired) electrons. The highest BCUT2D eigenvalue weighted by Gasteiger charge is 2.47. The highest BCUT2D eigenvalue weighted by molar-refractivity contribution is 5.18. The quantitative estimate of drug-likeness (QED) is 0.617. The maximum Gasteiger partial charge on any atom is 0.0750 e. The van der Waals surface area contributed by atoms with Gasteiger partial charge in [0, 0.05) is 0 Å². The Kier molecular flexibility index (Phi) is 3.00. The molecule has 0 aromatic carbocycles. The predicted octanol–water partition coefficient (Wildman–Crippen LogP) is 3.70. The number of allylic oxidation sites excluding steroid dienone is 2. The Balaban J connectivity index is 2.18. The minimum Gasteiger partial charge on any atom is -0.389 e. The summed E-state index contributed by atoms with van der Waals surface area (Å²) < 4.78 is 0. The molecule has 0 spiro atoms. The van der Waals surface area contributed by atoms with Gasteiger partial charge in [-0.25, -0.2) is 0 Å². The Labute approximate surface area is 99.3 Å². The van der Waals surface area contributed by atoms with Gasteiger partial charge in [-0.2, -0.15) is 0 Å². The Hall–Kier alpha value is -0.560. The van der Waals surface area contributed by atoms with E-state index in [1.54, 1.807) is 0 Å². The molecule has 1 saturated carbocycles. The van der Waals surface area contributed by atoms with Gasteiger partial charge in [-0.05, 0) is 55.4 Å². The van der Waals surface area contributed by atoms with Gasteiger partial charge >= 0.3 is 0 Å². The fraction of sp³-hybridized carbons (Fsp3) is 0.733. The second-order valence-corrected chi connectivity index (χ2v) is 6.30. The third-order valence-electron chi connectivity index (χ3n) is 4.72. The van der Waals surface area contributed by atoms with Crippen molar-refractivity contribution < 1.29 is 5.11 Å². The van der Waals surface area contributed by atoms with Crippen LogP contribution in [0.2, 0.25) is 0 Å². The fourth-order valence-corrected chi connectivity index (χ4v) is 3.34. The van der Waals surface area contributed by atoms with Crippen LogP contribution in [0.5, 0.6) is 0 Å². The fourth-order valence-electron chi connectivity index (χ4n) is 3.34. The molecular weight excluding hydrogens is 196 g/mol. The Morgan fingerprint density at radius 2 is 2.12 bits per heavy atom. The van der Waals surface area contributed by atoms with E-state index in [2.05, 4.69) is 33.4 Å². The second-order valence-electron chi connectivity index (χ2n) is 6.30. The monoisotopic (exact) mass is 220 g/mol. The molecule has 0 saturated heterocycles. The van der Waals surface area contributed by atoms with E-state index in [-0.39, 0.29) is 6.10 Å². The van der Waals surface area contributed by atoms with Gasteiger partial charge < -0.3 is 5.11 Å². The molecule has 1 N–H and O–H groups in total. The molecule has 0 unspecified atom stereocenters. The highest BCUT2D eigenvalue weighted by Crippen LogP contribution is 2.56. The van der Waals surface area contributed by atoms with E-state index in [0.29, 0.717) is 11.3 Å². The van der Waals surface area contributed by atoms with Crippen LogP contribution in [0.15, 0.2) is 23.8 Å². The zero-order valence-corrected chi connectivity index (χ0v) is 10.8. The molecular formula is C15H24O. The van der Waals surface area contributed by atoms with Crippen LogP contribution < -0.4 is 0 Å². The van der Waals surface area contributed by atoms with Crippen molar-refractivity contribution in [1.29, 1.82) is 0 Å². The Morgan fingerprint density at radius 3 is 2.75 bits per heavy atom. The zero-order valence-electron chi connectivity index (χ0n) is 10.8. The van der Waals surface area contributed by atoms with E-state index >= 15 is 0 Å². The van der Waals surface area contributed by atoms with Crippen LogP contribution in [0, 0.1) is 17.3 Å². The van der Waals surface area contributed by atoms with Gasteiger partial charge in [0.1, 0.15) is 0 Å². The van der Waals surface area contributed by atoms with Crippen LogP contribution in [0.3, 0.4) is 0 Å². The highest BCUT2D eigenvalue weighted by atomic mass is 16.3. The summed E-state index contributed by atoms with van der Waals surface area (Å²) in [6.45, 7) is 11.0. The molecule has 3 atom stereocenters. The molecule has 0 heterocycles. The molecule has 16 heavy (non-hydrogen) atoms. The van der Waals surface area contributed by atoms with Crippen molar-refractivity contribution in [2.24, 2.45) is 17.3 Å². The van der Waals surface area contributed by atoms with E-state index in [4.69, 9.17) is 0 Å². The van der Waals surface area contributed by atoms with Crippen molar-refractivity contribution in [2.75, 3.05) is 0 Å². The summed E-state index contributed by atoms with van der Waals surface area (Å²) in [7, 11) is 0. The average Bonchev–Trinajstić information content (AvgIpc) is 2.24. The van der Waals surface area contributed by atoms with E-state index in [9.17, 15) is 5.11 Å². The summed E-state index contributed by atoms with van der Waals surface area (Å²) in [5.74, 6) is 1.43. The number of aliphatic hydroxyl groups excluding tert-OH is 1. The topological polar surface area (TPSA) is 20.2 Å². The SMILES string of the molecule is C=C1CC[C@H](O)/C(C)=C/C[C@@H]2[C@H]1CC2(C)C. The molecule has 1 nitrogen and oxygen atoms in total. The summed E-state index contributed by atoms with van der Waals surface area (Å²) in [6.07, 6.45) is 6.23. The normalized spacial score (nSPS) is 41.9. The molecule has 90 valence electrons. The van der Waals surface area contributed by atoms with Crippen molar-refractivity contribution in [2.45, 2.75) is 52.6 Å². The molecule has 2 aliphatic carbocycles. The van der Waals surface area contributed by atoms with Crippen molar-refractivity contribution in [3.63, 3.8) is 0 Å². The van der Waals surface area contributed by atoms with E-state index in [1.807, 2.05) is 0 Å². The number of aliphatic hydroxyl groups is 1. The molecule has 1 fully saturated rings. The molecule has 1 heteroatoms. The summed E-state index contributed by atoms with van der Waals surface area (Å²) >= 11 is 0. The average molecular weight is 220 g/mol. The zero-order chi connectivity index (χ0) is 11.9. The Bertz CT molecular complexity index is 324. The van der Waals surface area contributed by atoms with Crippen molar-refractivity contribution in [3.05, 3.63) is 23.8 Å². The molecule has 2 rings (SSSR count). The maximum absolute atomic E-state index is 9.94. The van der Waals surface area contributed by atoms with Gasteiger partial charge in [-0.3, -0.25) is 0 Å². The molecule has 2 aliphatic rings. The number of rotatable bonds is 0. The first-order valence-electron chi connectivity index (χ1n) is 6.44. The number of fused-ring (bicyclic) bond motifs is 1. The predicted molar refractivity (Wildman–Crippen MR) is 68.1 cm³/mol. The van der Waals surface area contributed by atoms with Gasteiger partial charge in [-0.1, -0.05) is 32.1 Å². The summed E-state index contributed by atoms with van der Waals surface area (Å²) in [5, 5.41) is 9.94. The standard InChI is InChI=1S/C15H24O/c1-10-6-8-14(16)11(2)5-7-13-12(10)9-15(13,3)4/h5,12-14,16H,1,6-9H2,2-4H3/b11-5+/t12-,13+,14-/m0/s1. The van der Waals surface area contributed by atoms with Gasteiger partial charge in [0.05, 0.1) is 6.10 Å². The van der Waals surface area contributed by atoms with E-state index in [1.165, 1.54) is 12.0 Å². The van der Waals surface area contributed by atoms with E-state index < -0.39 is 0 Å². The minimum atomic E-state index is -0.252. The van der Waals surface area contributed by atoms with E-state index in [0.717, 1.165) is 30.8 Å². The van der Waals surface area contributed by atoms with Gasteiger partial charge in [-0.15, -0.1) is 0 Å². The lowest BCUT2D eigenvalue weighted by Crippen LogP contribution is -2.44. The molecule has 0 aromatic heterocycles. The van der Waals surface area contributed by atoms with Crippen molar-refractivity contribution in [3.8, 4) is 0 Å². The Morgan fingerprint density at radius 1 is 1.44 bits per heavy atom. The van der Waals surface area contributed by atoms with Crippen molar-refractivity contribution >= 4 is 0 Å². The summed E-state index contributed by atoms with van der Waals surface area (Å²) in [6, 6.07) is 0. The van der Waals surface area contributed by atoms with Gasteiger partial charge in [0.2, 0.25) is 0 Å². The first kappa shape index (κ1) is 11.9. The molecule has 0 bridgehead atoms. The maximum atomic E-state index is 9.94. The number of hydrogen-bond acceptors (Lipinski definition) is 1. The molecule has 0 aromatic rings. The summed E-state index contributed by atoms with van der Waals surface area (Å²) in [4.78, 5) is 0. The third kappa shape index (κ3) is 1.98. The van der Waals surface area contributed by atoms with Crippen LogP contribution in [0.1, 0.15) is 46.5 Å². The molecule has 0 amide bonds. The van der Waals surface area contributed by atoms with Gasteiger partial charge in [0.15, 0.2) is 0 Å².